The average molecular weight is 211 g/mol. The van der Waals surface area contributed by atoms with Gasteiger partial charge in [0.05, 0.1) is 7.11 Å². The van der Waals surface area contributed by atoms with E-state index >= 15 is 0 Å². The molecule has 0 aromatic heterocycles. The van der Waals surface area contributed by atoms with E-state index in [0.717, 1.165) is 12.8 Å². The summed E-state index contributed by atoms with van der Waals surface area (Å²) in [5, 5.41) is 9.33. The minimum Gasteiger partial charge on any atom is -0.505 e. The molecule has 0 aliphatic heterocycles. The van der Waals surface area contributed by atoms with Crippen LogP contribution in [0.1, 0.15) is 18.4 Å². The maximum Gasteiger partial charge on any atom is 0.168 e. The third-order valence-electron chi connectivity index (χ3n) is 2.77. The van der Waals surface area contributed by atoms with Crippen LogP contribution in [0.3, 0.4) is 0 Å². The van der Waals surface area contributed by atoms with Gasteiger partial charge in [-0.15, -0.1) is 0 Å². The third-order valence-corrected chi connectivity index (χ3v) is 2.77. The van der Waals surface area contributed by atoms with E-state index in [9.17, 15) is 9.50 Å². The second kappa shape index (κ2) is 3.38. The van der Waals surface area contributed by atoms with E-state index < -0.39 is 5.82 Å². The Labute approximate surface area is 87.7 Å². The van der Waals surface area contributed by atoms with Gasteiger partial charge in [0.25, 0.3) is 0 Å². The summed E-state index contributed by atoms with van der Waals surface area (Å²) in [6.45, 7) is 0. The Morgan fingerprint density at radius 2 is 2.20 bits per heavy atom. The molecule has 3 nitrogen and oxygen atoms in total. The average Bonchev–Trinajstić information content (AvgIpc) is 2.91. The molecule has 0 radical (unpaired) electrons. The van der Waals surface area contributed by atoms with Crippen molar-refractivity contribution in [3.63, 3.8) is 0 Å². The van der Waals surface area contributed by atoms with Gasteiger partial charge in [-0.2, -0.15) is 0 Å². The van der Waals surface area contributed by atoms with E-state index in [0.29, 0.717) is 17.7 Å². The highest BCUT2D eigenvalue weighted by atomic mass is 19.1. The summed E-state index contributed by atoms with van der Waals surface area (Å²) in [6.07, 6.45) is 2.26. The summed E-state index contributed by atoms with van der Waals surface area (Å²) in [7, 11) is 1.48. The van der Waals surface area contributed by atoms with Crippen molar-refractivity contribution in [3.8, 4) is 11.5 Å². The number of rotatable bonds is 3. The van der Waals surface area contributed by atoms with Gasteiger partial charge in [0.1, 0.15) is 5.75 Å². The van der Waals surface area contributed by atoms with Crippen molar-refractivity contribution in [2.24, 2.45) is 5.73 Å². The Balaban J connectivity index is 2.31. The summed E-state index contributed by atoms with van der Waals surface area (Å²) in [5.41, 5.74) is 6.04. The lowest BCUT2D eigenvalue weighted by molar-refractivity contribution is 0.393. The van der Waals surface area contributed by atoms with Crippen LogP contribution in [0, 0.1) is 5.82 Å². The Kier molecular flexibility index (Phi) is 2.31. The number of halogens is 1. The van der Waals surface area contributed by atoms with Gasteiger partial charge in [0, 0.05) is 11.6 Å². The Bertz CT molecular complexity index is 388. The quantitative estimate of drug-likeness (QED) is 0.798. The molecule has 0 spiro atoms. The molecule has 15 heavy (non-hydrogen) atoms. The molecule has 0 heterocycles. The first-order chi connectivity index (χ1) is 7.04. The number of benzene rings is 1. The topological polar surface area (TPSA) is 55.5 Å². The molecule has 0 saturated heterocycles. The van der Waals surface area contributed by atoms with E-state index in [1.165, 1.54) is 13.2 Å². The minimum atomic E-state index is -0.590. The van der Waals surface area contributed by atoms with Gasteiger partial charge in [-0.05, 0) is 30.9 Å². The number of methoxy groups -OCH3 is 1. The zero-order chi connectivity index (χ0) is 11.1. The van der Waals surface area contributed by atoms with Crippen molar-refractivity contribution >= 4 is 0 Å². The first-order valence-corrected chi connectivity index (χ1v) is 4.88. The summed E-state index contributed by atoms with van der Waals surface area (Å²) in [6, 6.07) is 2.84. The molecule has 1 aliphatic rings. The van der Waals surface area contributed by atoms with Crippen LogP contribution in [0.2, 0.25) is 0 Å². The number of phenolic OH excluding ortho intramolecular Hbond substituents is 1. The first-order valence-electron chi connectivity index (χ1n) is 4.88. The number of aromatic hydroxyl groups is 1. The van der Waals surface area contributed by atoms with Crippen LogP contribution in [-0.4, -0.2) is 17.8 Å². The molecule has 4 heteroatoms. The van der Waals surface area contributed by atoms with Crippen LogP contribution in [0.25, 0.3) is 0 Å². The highest BCUT2D eigenvalue weighted by Crippen LogP contribution is 2.38. The predicted octanol–water partition coefficient (Wildman–Crippen LogP) is 1.57. The molecular formula is C11H14FNO2. The fraction of sp³-hybridized carbons (Fsp3) is 0.455. The van der Waals surface area contributed by atoms with Gasteiger partial charge in [-0.1, -0.05) is 0 Å². The SMILES string of the molecule is COc1cc(O)c(F)c(CC2(N)CC2)c1. The monoisotopic (exact) mass is 211 g/mol. The lowest BCUT2D eigenvalue weighted by Crippen LogP contribution is -2.25. The van der Waals surface area contributed by atoms with Crippen molar-refractivity contribution < 1.29 is 14.2 Å². The lowest BCUT2D eigenvalue weighted by Gasteiger charge is -2.11. The van der Waals surface area contributed by atoms with Crippen molar-refractivity contribution in [1.29, 1.82) is 0 Å². The van der Waals surface area contributed by atoms with Crippen LogP contribution in [-0.2, 0) is 6.42 Å². The maximum atomic E-state index is 13.5. The van der Waals surface area contributed by atoms with Crippen molar-refractivity contribution in [3.05, 3.63) is 23.5 Å². The van der Waals surface area contributed by atoms with E-state index in [2.05, 4.69) is 0 Å². The molecule has 2 rings (SSSR count). The molecule has 1 fully saturated rings. The molecule has 1 aromatic rings. The van der Waals surface area contributed by atoms with E-state index in [-0.39, 0.29) is 11.3 Å². The fourth-order valence-electron chi connectivity index (χ4n) is 1.60. The van der Waals surface area contributed by atoms with Gasteiger partial charge in [-0.25, -0.2) is 4.39 Å². The van der Waals surface area contributed by atoms with Gasteiger partial charge in [0.2, 0.25) is 0 Å². The molecule has 1 aromatic carbocycles. The lowest BCUT2D eigenvalue weighted by atomic mass is 10.0. The summed E-state index contributed by atoms with van der Waals surface area (Å²) >= 11 is 0. The molecule has 1 aliphatic carbocycles. The van der Waals surface area contributed by atoms with Crippen molar-refractivity contribution in [1.82, 2.24) is 0 Å². The second-order valence-corrected chi connectivity index (χ2v) is 4.16. The van der Waals surface area contributed by atoms with Gasteiger partial charge < -0.3 is 15.6 Å². The largest absolute Gasteiger partial charge is 0.505 e. The zero-order valence-corrected chi connectivity index (χ0v) is 8.59. The van der Waals surface area contributed by atoms with Crippen LogP contribution >= 0.6 is 0 Å². The van der Waals surface area contributed by atoms with Gasteiger partial charge in [0.15, 0.2) is 11.6 Å². The normalized spacial score (nSPS) is 17.5. The Morgan fingerprint density at radius 3 is 2.73 bits per heavy atom. The third kappa shape index (κ3) is 2.04. The summed E-state index contributed by atoms with van der Waals surface area (Å²) in [5.74, 6) is -0.519. The number of hydrogen-bond donors (Lipinski definition) is 2. The van der Waals surface area contributed by atoms with Crippen LogP contribution in [0.15, 0.2) is 12.1 Å². The maximum absolute atomic E-state index is 13.5. The van der Waals surface area contributed by atoms with Gasteiger partial charge >= 0.3 is 0 Å². The highest BCUT2D eigenvalue weighted by Gasteiger charge is 2.39. The Hall–Kier alpha value is -1.29. The second-order valence-electron chi connectivity index (χ2n) is 4.16. The van der Waals surface area contributed by atoms with Crippen LogP contribution < -0.4 is 10.5 Å². The fourth-order valence-corrected chi connectivity index (χ4v) is 1.60. The molecular weight excluding hydrogens is 197 g/mol. The molecule has 3 N–H and O–H groups in total. The standard InChI is InChI=1S/C11H14FNO2/c1-15-8-4-7(6-11(13)2-3-11)10(12)9(14)5-8/h4-5,14H,2-3,6,13H2,1H3. The van der Waals surface area contributed by atoms with Gasteiger partial charge in [-0.3, -0.25) is 0 Å². The minimum absolute atomic E-state index is 0.278. The molecule has 82 valence electrons. The summed E-state index contributed by atoms with van der Waals surface area (Å²) < 4.78 is 18.5. The smallest absolute Gasteiger partial charge is 0.168 e. The van der Waals surface area contributed by atoms with Crippen LogP contribution in [0.5, 0.6) is 11.5 Å². The first kappa shape index (κ1) is 10.2. The van der Waals surface area contributed by atoms with E-state index in [4.69, 9.17) is 10.5 Å². The number of phenols is 1. The number of hydrogen-bond acceptors (Lipinski definition) is 3. The molecule has 1 saturated carbocycles. The number of nitrogens with two attached hydrogens (primary N) is 1. The predicted molar refractivity (Wildman–Crippen MR) is 54.5 cm³/mol. The van der Waals surface area contributed by atoms with Crippen molar-refractivity contribution in [2.75, 3.05) is 7.11 Å². The van der Waals surface area contributed by atoms with E-state index in [1.54, 1.807) is 6.07 Å². The molecule has 0 atom stereocenters. The molecule has 0 unspecified atom stereocenters. The molecule has 0 bridgehead atoms. The number of ether oxygens (including phenoxy) is 1. The Morgan fingerprint density at radius 1 is 1.53 bits per heavy atom. The van der Waals surface area contributed by atoms with E-state index in [1.807, 2.05) is 0 Å². The highest BCUT2D eigenvalue weighted by molar-refractivity contribution is 5.40. The van der Waals surface area contributed by atoms with Crippen molar-refractivity contribution in [2.45, 2.75) is 24.8 Å². The molecule has 0 amide bonds. The summed E-state index contributed by atoms with van der Waals surface area (Å²) in [4.78, 5) is 0. The zero-order valence-electron chi connectivity index (χ0n) is 8.59. The van der Waals surface area contributed by atoms with Crippen LogP contribution in [0.4, 0.5) is 4.39 Å².